The van der Waals surface area contributed by atoms with Gasteiger partial charge in [-0.3, -0.25) is 0 Å². The molecule has 0 bridgehead atoms. The highest BCUT2D eigenvalue weighted by Crippen LogP contribution is 2.45. The second kappa shape index (κ2) is 10.6. The summed E-state index contributed by atoms with van der Waals surface area (Å²) in [6.45, 7) is 0. The Balaban J connectivity index is 1.37. The van der Waals surface area contributed by atoms with E-state index in [-0.39, 0.29) is 0 Å². The predicted molar refractivity (Wildman–Crippen MR) is 203 cm³/mol. The highest BCUT2D eigenvalue weighted by atomic mass is 15.0. The minimum atomic E-state index is 1.15. The molecule has 0 saturated heterocycles. The SMILES string of the molecule is c1ccc(-c2cc(-c3ccccc3)cc(-n3c4ccccc4c4c5c6c7ccccc7ccc6n(-c6ccccc6)c5ccc43)c2)cc1. The van der Waals surface area contributed by atoms with Crippen molar-refractivity contribution in [1.29, 1.82) is 0 Å². The first-order valence-corrected chi connectivity index (χ1v) is 16.5. The van der Waals surface area contributed by atoms with Gasteiger partial charge in [0.1, 0.15) is 0 Å². The van der Waals surface area contributed by atoms with E-state index in [2.05, 4.69) is 191 Å². The average Bonchev–Trinajstić information content (AvgIpc) is 3.69. The van der Waals surface area contributed by atoms with Crippen LogP contribution < -0.4 is 0 Å². The van der Waals surface area contributed by atoms with Crippen molar-refractivity contribution in [3.05, 3.63) is 182 Å². The lowest BCUT2D eigenvalue weighted by Crippen LogP contribution is -1.96. The van der Waals surface area contributed by atoms with Crippen molar-refractivity contribution >= 4 is 54.4 Å². The van der Waals surface area contributed by atoms with Gasteiger partial charge in [-0.1, -0.05) is 127 Å². The van der Waals surface area contributed by atoms with E-state index in [1.54, 1.807) is 0 Å². The van der Waals surface area contributed by atoms with Crippen LogP contribution in [0.2, 0.25) is 0 Å². The summed E-state index contributed by atoms with van der Waals surface area (Å²) >= 11 is 0. The molecule has 0 radical (unpaired) electrons. The fourth-order valence-corrected chi connectivity index (χ4v) is 7.80. The summed E-state index contributed by atoms with van der Waals surface area (Å²) in [5.74, 6) is 0. The third-order valence-corrected chi connectivity index (χ3v) is 9.86. The van der Waals surface area contributed by atoms with E-state index in [4.69, 9.17) is 0 Å². The Bertz CT molecular complexity index is 2750. The molecule has 0 saturated carbocycles. The summed E-state index contributed by atoms with van der Waals surface area (Å²) in [4.78, 5) is 0. The van der Waals surface area contributed by atoms with Gasteiger partial charge in [-0.15, -0.1) is 0 Å². The highest BCUT2D eigenvalue weighted by molar-refractivity contribution is 6.33. The topological polar surface area (TPSA) is 9.86 Å². The standard InChI is InChI=1S/C46H30N2/c1-4-14-31(15-5-1)34-28-35(32-16-6-2-7-17-32)30-37(29-34)48-40-23-13-12-22-39(40)45-42(48)26-27-43-46(45)44-38-21-11-10-18-33(38)24-25-41(44)47(43)36-19-8-3-9-20-36/h1-30H. The number of para-hydroxylation sites is 2. The van der Waals surface area contributed by atoms with Gasteiger partial charge in [-0.2, -0.15) is 0 Å². The molecular formula is C46H30N2. The minimum Gasteiger partial charge on any atom is -0.309 e. The normalized spacial score (nSPS) is 11.8. The number of rotatable bonds is 4. The maximum atomic E-state index is 2.47. The molecule has 10 aromatic rings. The molecular weight excluding hydrogens is 581 g/mol. The number of aromatic nitrogens is 2. The van der Waals surface area contributed by atoms with Crippen molar-refractivity contribution in [2.24, 2.45) is 0 Å². The van der Waals surface area contributed by atoms with Crippen LogP contribution in [0, 0.1) is 0 Å². The van der Waals surface area contributed by atoms with Gasteiger partial charge in [0.15, 0.2) is 0 Å². The first-order valence-electron chi connectivity index (χ1n) is 16.5. The van der Waals surface area contributed by atoms with Gasteiger partial charge in [0.25, 0.3) is 0 Å². The van der Waals surface area contributed by atoms with Crippen LogP contribution in [-0.2, 0) is 0 Å². The summed E-state index contributed by atoms with van der Waals surface area (Å²) in [7, 11) is 0. The lowest BCUT2D eigenvalue weighted by atomic mass is 9.98. The van der Waals surface area contributed by atoms with Crippen LogP contribution in [0.15, 0.2) is 182 Å². The number of nitrogens with zero attached hydrogens (tertiary/aromatic N) is 2. The maximum Gasteiger partial charge on any atom is 0.0549 e. The van der Waals surface area contributed by atoms with E-state index in [9.17, 15) is 0 Å². The number of fused-ring (bicyclic) bond motifs is 9. The summed E-state index contributed by atoms with van der Waals surface area (Å²) in [6.07, 6.45) is 0. The van der Waals surface area contributed by atoms with Crippen molar-refractivity contribution < 1.29 is 0 Å². The van der Waals surface area contributed by atoms with Crippen LogP contribution in [-0.4, -0.2) is 9.13 Å². The second-order valence-corrected chi connectivity index (χ2v) is 12.6. The Kier molecular flexibility index (Phi) is 5.91. The van der Waals surface area contributed by atoms with Gasteiger partial charge >= 0.3 is 0 Å². The molecule has 2 aromatic heterocycles. The zero-order chi connectivity index (χ0) is 31.6. The van der Waals surface area contributed by atoms with E-state index >= 15 is 0 Å². The Morgan fingerprint density at radius 1 is 0.271 bits per heavy atom. The van der Waals surface area contributed by atoms with Crippen molar-refractivity contribution in [3.63, 3.8) is 0 Å². The molecule has 2 heterocycles. The Hall–Kier alpha value is -6.38. The van der Waals surface area contributed by atoms with E-state index < -0.39 is 0 Å². The Labute approximate surface area is 278 Å². The molecule has 0 spiro atoms. The van der Waals surface area contributed by atoms with Crippen LogP contribution >= 0.6 is 0 Å². The summed E-state index contributed by atoms with van der Waals surface area (Å²) < 4.78 is 4.91. The zero-order valence-corrected chi connectivity index (χ0v) is 26.2. The molecule has 0 N–H and O–H groups in total. The largest absolute Gasteiger partial charge is 0.309 e. The van der Waals surface area contributed by atoms with Crippen LogP contribution in [0.4, 0.5) is 0 Å². The van der Waals surface area contributed by atoms with Crippen molar-refractivity contribution in [3.8, 4) is 33.6 Å². The monoisotopic (exact) mass is 610 g/mol. The molecule has 0 unspecified atom stereocenters. The van der Waals surface area contributed by atoms with Crippen LogP contribution in [0.1, 0.15) is 0 Å². The van der Waals surface area contributed by atoms with Crippen molar-refractivity contribution in [2.45, 2.75) is 0 Å². The minimum absolute atomic E-state index is 1.15. The molecule has 48 heavy (non-hydrogen) atoms. The third-order valence-electron chi connectivity index (χ3n) is 9.86. The van der Waals surface area contributed by atoms with Gasteiger partial charge < -0.3 is 9.13 Å². The number of benzene rings is 8. The lowest BCUT2D eigenvalue weighted by Gasteiger charge is -2.14. The van der Waals surface area contributed by atoms with Gasteiger partial charge in [-0.05, 0) is 87.6 Å². The molecule has 0 aliphatic heterocycles. The summed E-state index contributed by atoms with van der Waals surface area (Å²) in [6, 6.07) is 66.1. The molecule has 10 rings (SSSR count). The second-order valence-electron chi connectivity index (χ2n) is 12.6. The smallest absolute Gasteiger partial charge is 0.0549 e. The number of hydrogen-bond acceptors (Lipinski definition) is 0. The fourth-order valence-electron chi connectivity index (χ4n) is 7.80. The maximum absolute atomic E-state index is 2.47. The molecule has 2 nitrogen and oxygen atoms in total. The molecule has 0 amide bonds. The molecule has 0 atom stereocenters. The third kappa shape index (κ3) is 4.00. The molecule has 0 fully saturated rings. The highest BCUT2D eigenvalue weighted by Gasteiger charge is 2.22. The first-order chi connectivity index (χ1) is 23.8. The molecule has 8 aromatic carbocycles. The van der Waals surface area contributed by atoms with E-state index in [0.29, 0.717) is 0 Å². The Morgan fingerprint density at radius 3 is 1.42 bits per heavy atom. The van der Waals surface area contributed by atoms with E-state index in [0.717, 1.165) is 5.69 Å². The van der Waals surface area contributed by atoms with Crippen LogP contribution in [0.5, 0.6) is 0 Å². The van der Waals surface area contributed by atoms with Crippen molar-refractivity contribution in [2.75, 3.05) is 0 Å². The van der Waals surface area contributed by atoms with Gasteiger partial charge in [-0.25, -0.2) is 0 Å². The molecule has 2 heteroatoms. The zero-order valence-electron chi connectivity index (χ0n) is 26.2. The quantitative estimate of drug-likeness (QED) is 0.188. The van der Waals surface area contributed by atoms with E-state index in [1.807, 2.05) is 0 Å². The van der Waals surface area contributed by atoms with Crippen molar-refractivity contribution in [1.82, 2.24) is 9.13 Å². The summed E-state index contributed by atoms with van der Waals surface area (Å²) in [5, 5.41) is 7.65. The fraction of sp³-hybridized carbons (Fsp3) is 0. The van der Waals surface area contributed by atoms with Crippen LogP contribution in [0.25, 0.3) is 88.0 Å². The van der Waals surface area contributed by atoms with E-state index in [1.165, 1.54) is 82.3 Å². The first kappa shape index (κ1) is 26.8. The lowest BCUT2D eigenvalue weighted by molar-refractivity contribution is 1.17. The number of hydrogen-bond donors (Lipinski definition) is 0. The summed E-state index contributed by atoms with van der Waals surface area (Å²) in [5.41, 5.74) is 12.0. The average molecular weight is 611 g/mol. The predicted octanol–water partition coefficient (Wildman–Crippen LogP) is 12.4. The molecule has 0 aliphatic carbocycles. The Morgan fingerprint density at radius 2 is 0.750 bits per heavy atom. The van der Waals surface area contributed by atoms with Gasteiger partial charge in [0.05, 0.1) is 22.1 Å². The van der Waals surface area contributed by atoms with Gasteiger partial charge in [0.2, 0.25) is 0 Å². The molecule has 0 aliphatic rings. The van der Waals surface area contributed by atoms with Gasteiger partial charge in [0, 0.05) is 32.9 Å². The molecule has 224 valence electrons. The van der Waals surface area contributed by atoms with Crippen LogP contribution in [0.3, 0.4) is 0 Å².